The largest absolute Gasteiger partial charge is 0.494 e. The quantitative estimate of drug-likeness (QED) is 0.764. The maximum atomic E-state index is 5.67. The molecule has 0 saturated carbocycles. The van der Waals surface area contributed by atoms with Gasteiger partial charge in [-0.25, -0.2) is 0 Å². The van der Waals surface area contributed by atoms with Crippen LogP contribution in [0.4, 0.5) is 5.69 Å². The first-order valence-electron chi connectivity index (χ1n) is 7.58. The average molecular weight is 283 g/mol. The van der Waals surface area contributed by atoms with Crippen molar-refractivity contribution in [2.75, 3.05) is 18.5 Å². The molecule has 2 aromatic carbocycles. The zero-order chi connectivity index (χ0) is 15.1. The fourth-order valence-electron chi connectivity index (χ4n) is 2.10. The smallest absolute Gasteiger partial charge is 0.119 e. The molecule has 2 nitrogen and oxygen atoms in total. The third kappa shape index (κ3) is 5.14. The van der Waals surface area contributed by atoms with Gasteiger partial charge >= 0.3 is 0 Å². The lowest BCUT2D eigenvalue weighted by molar-refractivity contribution is 0.315. The maximum absolute atomic E-state index is 5.67. The number of anilines is 1. The molecule has 0 fully saturated rings. The van der Waals surface area contributed by atoms with Gasteiger partial charge in [0, 0.05) is 12.2 Å². The van der Waals surface area contributed by atoms with E-state index in [1.807, 2.05) is 30.3 Å². The minimum atomic E-state index is 0.210. The van der Waals surface area contributed by atoms with Crippen molar-refractivity contribution in [2.24, 2.45) is 0 Å². The van der Waals surface area contributed by atoms with Crippen LogP contribution in [0.3, 0.4) is 0 Å². The molecule has 2 aromatic rings. The molecule has 0 amide bonds. The van der Waals surface area contributed by atoms with Gasteiger partial charge in [-0.05, 0) is 41.7 Å². The summed E-state index contributed by atoms with van der Waals surface area (Å²) in [6.45, 7) is 8.35. The fourth-order valence-corrected chi connectivity index (χ4v) is 2.10. The Morgan fingerprint density at radius 3 is 2.19 bits per heavy atom. The molecule has 0 saturated heterocycles. The molecule has 0 aliphatic heterocycles. The van der Waals surface area contributed by atoms with E-state index in [1.54, 1.807) is 0 Å². The highest BCUT2D eigenvalue weighted by atomic mass is 16.5. The van der Waals surface area contributed by atoms with Gasteiger partial charge in [-0.3, -0.25) is 0 Å². The number of hydrogen-bond acceptors (Lipinski definition) is 2. The predicted molar refractivity (Wildman–Crippen MR) is 90.2 cm³/mol. The van der Waals surface area contributed by atoms with Gasteiger partial charge in [0.1, 0.15) is 5.75 Å². The second-order valence-electron chi connectivity index (χ2n) is 6.27. The second-order valence-corrected chi connectivity index (χ2v) is 6.27. The van der Waals surface area contributed by atoms with Crippen LogP contribution < -0.4 is 10.1 Å². The zero-order valence-electron chi connectivity index (χ0n) is 13.2. The van der Waals surface area contributed by atoms with E-state index in [4.69, 9.17) is 4.74 Å². The van der Waals surface area contributed by atoms with Crippen molar-refractivity contribution in [3.05, 3.63) is 60.2 Å². The van der Waals surface area contributed by atoms with E-state index in [1.165, 1.54) is 11.3 Å². The van der Waals surface area contributed by atoms with Crippen molar-refractivity contribution in [3.8, 4) is 5.75 Å². The molecular weight excluding hydrogens is 258 g/mol. The summed E-state index contributed by atoms with van der Waals surface area (Å²) in [5.41, 5.74) is 2.74. The van der Waals surface area contributed by atoms with Crippen LogP contribution in [0.2, 0.25) is 0 Å². The van der Waals surface area contributed by atoms with E-state index in [0.29, 0.717) is 0 Å². The first-order valence-corrected chi connectivity index (χ1v) is 7.58. The van der Waals surface area contributed by atoms with E-state index in [0.717, 1.165) is 25.3 Å². The van der Waals surface area contributed by atoms with Crippen LogP contribution in [0.1, 0.15) is 32.8 Å². The van der Waals surface area contributed by atoms with Crippen LogP contribution in [0.25, 0.3) is 0 Å². The number of hydrogen-bond donors (Lipinski definition) is 1. The SMILES string of the molecule is CC(C)(C)c1ccc(NCCCOc2ccccc2)cc1. The summed E-state index contributed by atoms with van der Waals surface area (Å²) in [6.07, 6.45) is 0.982. The number of ether oxygens (including phenoxy) is 1. The molecule has 0 aliphatic rings. The highest BCUT2D eigenvalue weighted by molar-refractivity contribution is 5.45. The lowest BCUT2D eigenvalue weighted by Crippen LogP contribution is -2.11. The Balaban J connectivity index is 1.69. The molecule has 0 aromatic heterocycles. The Hall–Kier alpha value is -1.96. The van der Waals surface area contributed by atoms with E-state index in [2.05, 4.69) is 50.4 Å². The lowest BCUT2D eigenvalue weighted by atomic mass is 9.87. The molecule has 0 heterocycles. The van der Waals surface area contributed by atoms with Gasteiger partial charge in [0.2, 0.25) is 0 Å². The van der Waals surface area contributed by atoms with Gasteiger partial charge in [-0.15, -0.1) is 0 Å². The van der Waals surface area contributed by atoms with E-state index in [-0.39, 0.29) is 5.41 Å². The van der Waals surface area contributed by atoms with Crippen molar-refractivity contribution in [3.63, 3.8) is 0 Å². The molecular formula is C19H25NO. The molecule has 0 spiro atoms. The first kappa shape index (κ1) is 15.4. The summed E-state index contributed by atoms with van der Waals surface area (Å²) in [6, 6.07) is 18.6. The Bertz CT molecular complexity index is 526. The van der Waals surface area contributed by atoms with E-state index < -0.39 is 0 Å². The van der Waals surface area contributed by atoms with Gasteiger partial charge in [0.15, 0.2) is 0 Å². The van der Waals surface area contributed by atoms with Gasteiger partial charge in [-0.1, -0.05) is 51.1 Å². The van der Waals surface area contributed by atoms with Gasteiger partial charge < -0.3 is 10.1 Å². The average Bonchev–Trinajstić information content (AvgIpc) is 2.47. The molecule has 0 unspecified atom stereocenters. The highest BCUT2D eigenvalue weighted by Crippen LogP contribution is 2.23. The predicted octanol–water partition coefficient (Wildman–Crippen LogP) is 4.87. The third-order valence-electron chi connectivity index (χ3n) is 3.41. The Labute approximate surface area is 128 Å². The Kier molecular flexibility index (Phi) is 5.26. The third-order valence-corrected chi connectivity index (χ3v) is 3.41. The molecule has 0 aliphatic carbocycles. The topological polar surface area (TPSA) is 21.3 Å². The number of para-hydroxylation sites is 1. The van der Waals surface area contributed by atoms with Gasteiger partial charge in [-0.2, -0.15) is 0 Å². The molecule has 2 heteroatoms. The summed E-state index contributed by atoms with van der Waals surface area (Å²) in [4.78, 5) is 0. The highest BCUT2D eigenvalue weighted by Gasteiger charge is 2.12. The number of benzene rings is 2. The van der Waals surface area contributed by atoms with E-state index >= 15 is 0 Å². The summed E-state index contributed by atoms with van der Waals surface area (Å²) in [7, 11) is 0. The molecule has 0 atom stereocenters. The molecule has 2 rings (SSSR count). The molecule has 1 N–H and O–H groups in total. The second kappa shape index (κ2) is 7.16. The number of nitrogens with one attached hydrogen (secondary N) is 1. The van der Waals surface area contributed by atoms with Crippen LogP contribution in [0, 0.1) is 0 Å². The summed E-state index contributed by atoms with van der Waals surface area (Å²) < 4.78 is 5.67. The summed E-state index contributed by atoms with van der Waals surface area (Å²) >= 11 is 0. The van der Waals surface area contributed by atoms with Crippen LogP contribution >= 0.6 is 0 Å². The monoisotopic (exact) mass is 283 g/mol. The zero-order valence-corrected chi connectivity index (χ0v) is 13.2. The fraction of sp³-hybridized carbons (Fsp3) is 0.368. The van der Waals surface area contributed by atoms with Crippen LogP contribution in [0.15, 0.2) is 54.6 Å². The van der Waals surface area contributed by atoms with Crippen molar-refractivity contribution in [2.45, 2.75) is 32.6 Å². The molecule has 21 heavy (non-hydrogen) atoms. The minimum absolute atomic E-state index is 0.210. The normalized spacial score (nSPS) is 11.2. The van der Waals surface area contributed by atoms with Crippen LogP contribution in [-0.4, -0.2) is 13.2 Å². The first-order chi connectivity index (χ1) is 10.1. The summed E-state index contributed by atoms with van der Waals surface area (Å²) in [5, 5.41) is 3.43. The standard InChI is InChI=1S/C19H25NO/c1-19(2,3)16-10-12-17(13-11-16)20-14-7-15-21-18-8-5-4-6-9-18/h4-6,8-13,20H,7,14-15H2,1-3H3. The Morgan fingerprint density at radius 1 is 0.905 bits per heavy atom. The number of rotatable bonds is 6. The van der Waals surface area contributed by atoms with Crippen LogP contribution in [0.5, 0.6) is 5.75 Å². The van der Waals surface area contributed by atoms with Crippen LogP contribution in [-0.2, 0) is 5.41 Å². The molecule has 112 valence electrons. The molecule has 0 bridgehead atoms. The van der Waals surface area contributed by atoms with Crippen molar-refractivity contribution in [1.82, 2.24) is 0 Å². The minimum Gasteiger partial charge on any atom is -0.494 e. The molecule has 0 radical (unpaired) electrons. The van der Waals surface area contributed by atoms with E-state index in [9.17, 15) is 0 Å². The van der Waals surface area contributed by atoms with Crippen molar-refractivity contribution >= 4 is 5.69 Å². The van der Waals surface area contributed by atoms with Crippen molar-refractivity contribution in [1.29, 1.82) is 0 Å². The summed E-state index contributed by atoms with van der Waals surface area (Å²) in [5.74, 6) is 0.937. The lowest BCUT2D eigenvalue weighted by Gasteiger charge is -2.19. The maximum Gasteiger partial charge on any atom is 0.119 e. The van der Waals surface area contributed by atoms with Gasteiger partial charge in [0.05, 0.1) is 6.61 Å². The van der Waals surface area contributed by atoms with Gasteiger partial charge in [0.25, 0.3) is 0 Å². The Morgan fingerprint density at radius 2 is 1.57 bits per heavy atom. The van der Waals surface area contributed by atoms with Crippen molar-refractivity contribution < 1.29 is 4.74 Å².